The number of phenolic OH excluding ortho intramolecular Hbond substituents is 1. The molecular weight excluding hydrogens is 216 g/mol. The molecule has 0 aromatic heterocycles. The van der Waals surface area contributed by atoms with Gasteiger partial charge >= 0.3 is 5.97 Å². The Kier molecular flexibility index (Phi) is 3.41. The number of carboxylic acid groups (broad SMARTS) is 1. The zero-order chi connectivity index (χ0) is 12.3. The Balaban J connectivity index is 3.06. The van der Waals surface area contributed by atoms with Crippen LogP contribution in [0.15, 0.2) is 18.2 Å². The minimum Gasteiger partial charge on any atom is -0.508 e. The quantitative estimate of drug-likeness (QED) is 0.514. The van der Waals surface area contributed by atoms with Crippen LogP contribution in [0.25, 0.3) is 0 Å². The fourth-order valence-corrected chi connectivity index (χ4v) is 1.25. The number of non-ortho nitro benzene ring substituents is 1. The number of hydrogen-bond donors (Lipinski definition) is 3. The number of hydrogen-bond acceptors (Lipinski definition) is 5. The maximum atomic E-state index is 10.5. The van der Waals surface area contributed by atoms with Crippen molar-refractivity contribution in [3.63, 3.8) is 0 Å². The molecule has 1 atom stereocenters. The average Bonchev–Trinajstić information content (AvgIpc) is 2.16. The lowest BCUT2D eigenvalue weighted by molar-refractivity contribution is -0.385. The lowest BCUT2D eigenvalue weighted by Crippen LogP contribution is -2.15. The Morgan fingerprint density at radius 2 is 2.19 bits per heavy atom. The third kappa shape index (κ3) is 2.67. The van der Waals surface area contributed by atoms with E-state index in [0.717, 1.165) is 18.2 Å². The van der Waals surface area contributed by atoms with E-state index in [2.05, 4.69) is 0 Å². The second-order valence-electron chi connectivity index (χ2n) is 3.20. The summed E-state index contributed by atoms with van der Waals surface area (Å²) in [5.74, 6) is -1.39. The number of aliphatic carboxylic acids is 1. The summed E-state index contributed by atoms with van der Waals surface area (Å²) in [7, 11) is 0. The van der Waals surface area contributed by atoms with E-state index in [1.807, 2.05) is 0 Å². The van der Waals surface area contributed by atoms with E-state index in [9.17, 15) is 20.0 Å². The number of nitrogens with zero attached hydrogens (tertiary/aromatic N) is 1. The first-order chi connectivity index (χ1) is 7.41. The predicted octanol–water partition coefficient (Wildman–Crippen LogP) is 0.775. The van der Waals surface area contributed by atoms with Gasteiger partial charge in [0.25, 0.3) is 5.69 Å². The van der Waals surface area contributed by atoms with Gasteiger partial charge in [0.15, 0.2) is 0 Å². The zero-order valence-corrected chi connectivity index (χ0v) is 8.16. The largest absolute Gasteiger partial charge is 0.508 e. The second-order valence-corrected chi connectivity index (χ2v) is 3.20. The van der Waals surface area contributed by atoms with Gasteiger partial charge in [-0.25, -0.2) is 0 Å². The first kappa shape index (κ1) is 11.9. The van der Waals surface area contributed by atoms with Gasteiger partial charge in [0.1, 0.15) is 5.75 Å². The monoisotopic (exact) mass is 226 g/mol. The van der Waals surface area contributed by atoms with Gasteiger partial charge in [-0.3, -0.25) is 14.9 Å². The van der Waals surface area contributed by atoms with Crippen molar-refractivity contribution in [1.29, 1.82) is 0 Å². The number of rotatable bonds is 4. The lowest BCUT2D eigenvalue weighted by Gasteiger charge is -2.10. The van der Waals surface area contributed by atoms with Gasteiger partial charge in [-0.2, -0.15) is 0 Å². The standard InChI is InChI=1S/C9H10N2O5/c10-7(4-9(13)14)6-3-5(11(15)16)1-2-8(6)12/h1-3,7,12H,4,10H2,(H,13,14). The van der Waals surface area contributed by atoms with Crippen molar-refractivity contribution in [2.75, 3.05) is 0 Å². The topological polar surface area (TPSA) is 127 Å². The van der Waals surface area contributed by atoms with Crippen molar-refractivity contribution in [3.8, 4) is 5.75 Å². The zero-order valence-electron chi connectivity index (χ0n) is 8.16. The summed E-state index contributed by atoms with van der Waals surface area (Å²) in [4.78, 5) is 20.3. The number of phenols is 1. The van der Waals surface area contributed by atoms with Crippen LogP contribution < -0.4 is 5.73 Å². The normalized spacial score (nSPS) is 12.1. The molecule has 16 heavy (non-hydrogen) atoms. The van der Waals surface area contributed by atoms with Crippen LogP contribution in [-0.4, -0.2) is 21.1 Å². The van der Waals surface area contributed by atoms with Crippen LogP contribution in [0.1, 0.15) is 18.0 Å². The molecule has 1 unspecified atom stereocenters. The Labute approximate surface area is 90.3 Å². The molecule has 0 amide bonds. The Hall–Kier alpha value is -2.15. The van der Waals surface area contributed by atoms with E-state index in [0.29, 0.717) is 0 Å². The molecule has 7 nitrogen and oxygen atoms in total. The highest BCUT2D eigenvalue weighted by atomic mass is 16.6. The van der Waals surface area contributed by atoms with Crippen molar-refractivity contribution in [2.45, 2.75) is 12.5 Å². The van der Waals surface area contributed by atoms with Crippen molar-refractivity contribution in [2.24, 2.45) is 5.73 Å². The lowest BCUT2D eigenvalue weighted by atomic mass is 10.0. The molecule has 7 heteroatoms. The van der Waals surface area contributed by atoms with Gasteiger partial charge in [-0.05, 0) is 6.07 Å². The number of carbonyl (C=O) groups is 1. The van der Waals surface area contributed by atoms with Gasteiger partial charge in [-0.15, -0.1) is 0 Å². The van der Waals surface area contributed by atoms with E-state index in [4.69, 9.17) is 10.8 Å². The molecule has 0 spiro atoms. The molecule has 0 bridgehead atoms. The fourth-order valence-electron chi connectivity index (χ4n) is 1.25. The maximum absolute atomic E-state index is 10.5. The molecule has 0 fully saturated rings. The molecule has 1 aromatic carbocycles. The van der Waals surface area contributed by atoms with Gasteiger partial charge in [0.2, 0.25) is 0 Å². The van der Waals surface area contributed by atoms with Crippen LogP contribution in [0.2, 0.25) is 0 Å². The first-order valence-electron chi connectivity index (χ1n) is 4.36. The molecule has 0 aliphatic carbocycles. The fraction of sp³-hybridized carbons (Fsp3) is 0.222. The number of nitro benzene ring substituents is 1. The third-order valence-electron chi connectivity index (χ3n) is 2.02. The van der Waals surface area contributed by atoms with E-state index in [1.54, 1.807) is 0 Å². The third-order valence-corrected chi connectivity index (χ3v) is 2.02. The van der Waals surface area contributed by atoms with E-state index in [1.165, 1.54) is 0 Å². The number of carboxylic acids is 1. The number of nitrogens with two attached hydrogens (primary N) is 1. The summed E-state index contributed by atoms with van der Waals surface area (Å²) in [6.45, 7) is 0. The predicted molar refractivity (Wildman–Crippen MR) is 53.9 cm³/mol. The summed E-state index contributed by atoms with van der Waals surface area (Å²) in [5, 5.41) is 28.4. The molecule has 86 valence electrons. The Morgan fingerprint density at radius 1 is 1.56 bits per heavy atom. The van der Waals surface area contributed by atoms with Crippen LogP contribution in [0.5, 0.6) is 5.75 Å². The van der Waals surface area contributed by atoms with Crippen molar-refractivity contribution < 1.29 is 19.9 Å². The van der Waals surface area contributed by atoms with E-state index >= 15 is 0 Å². The number of benzene rings is 1. The number of nitro groups is 1. The molecule has 4 N–H and O–H groups in total. The van der Waals surface area contributed by atoms with Crippen molar-refractivity contribution in [3.05, 3.63) is 33.9 Å². The van der Waals surface area contributed by atoms with Gasteiger partial charge in [-0.1, -0.05) is 0 Å². The minimum absolute atomic E-state index is 0.0524. The molecule has 0 radical (unpaired) electrons. The minimum atomic E-state index is -1.14. The highest BCUT2D eigenvalue weighted by Crippen LogP contribution is 2.28. The van der Waals surface area contributed by atoms with Gasteiger partial charge < -0.3 is 15.9 Å². The molecule has 1 rings (SSSR count). The highest BCUT2D eigenvalue weighted by molar-refractivity contribution is 5.68. The van der Waals surface area contributed by atoms with Crippen LogP contribution in [0.3, 0.4) is 0 Å². The Morgan fingerprint density at radius 3 is 2.69 bits per heavy atom. The average molecular weight is 226 g/mol. The first-order valence-corrected chi connectivity index (χ1v) is 4.36. The second kappa shape index (κ2) is 4.58. The van der Waals surface area contributed by atoms with Crippen LogP contribution in [0.4, 0.5) is 5.69 Å². The molecule has 0 saturated carbocycles. The van der Waals surface area contributed by atoms with E-state index in [-0.39, 0.29) is 17.0 Å². The SMILES string of the molecule is NC(CC(=O)O)c1cc([N+](=O)[O-])ccc1O. The smallest absolute Gasteiger partial charge is 0.305 e. The summed E-state index contributed by atoms with van der Waals surface area (Å²) >= 11 is 0. The van der Waals surface area contributed by atoms with E-state index < -0.39 is 23.4 Å². The molecule has 0 aliphatic rings. The van der Waals surface area contributed by atoms with Crippen LogP contribution in [-0.2, 0) is 4.79 Å². The van der Waals surface area contributed by atoms with Gasteiger partial charge in [0, 0.05) is 23.7 Å². The molecular formula is C9H10N2O5. The van der Waals surface area contributed by atoms with Crippen molar-refractivity contribution >= 4 is 11.7 Å². The molecule has 0 saturated heterocycles. The summed E-state index contributed by atoms with van der Waals surface area (Å²) in [5.41, 5.74) is 5.31. The molecule has 1 aromatic rings. The van der Waals surface area contributed by atoms with Crippen LogP contribution in [0, 0.1) is 10.1 Å². The molecule has 0 aliphatic heterocycles. The summed E-state index contributed by atoms with van der Waals surface area (Å²) in [6, 6.07) is 2.34. The van der Waals surface area contributed by atoms with Crippen molar-refractivity contribution in [1.82, 2.24) is 0 Å². The van der Waals surface area contributed by atoms with Gasteiger partial charge in [0.05, 0.1) is 11.3 Å². The molecule has 0 heterocycles. The number of aromatic hydroxyl groups is 1. The Bertz CT molecular complexity index is 432. The summed E-state index contributed by atoms with van der Waals surface area (Å²) < 4.78 is 0. The van der Waals surface area contributed by atoms with Crippen LogP contribution >= 0.6 is 0 Å². The highest BCUT2D eigenvalue weighted by Gasteiger charge is 2.18. The maximum Gasteiger partial charge on any atom is 0.305 e. The summed E-state index contributed by atoms with van der Waals surface area (Å²) in [6.07, 6.45) is -0.408.